The summed E-state index contributed by atoms with van der Waals surface area (Å²) in [4.78, 5) is 0. The fraction of sp³-hybridized carbons (Fsp3) is 0.408. The van der Waals surface area contributed by atoms with Crippen LogP contribution < -0.4 is 0 Å². The number of rotatable bonds is 6. The van der Waals surface area contributed by atoms with E-state index in [4.69, 9.17) is 0 Å². The minimum absolute atomic E-state index is 0.0431. The van der Waals surface area contributed by atoms with Gasteiger partial charge in [0.25, 0.3) is 0 Å². The third-order valence-electron chi connectivity index (χ3n) is 10.9. The van der Waals surface area contributed by atoms with Gasteiger partial charge in [-0.25, -0.2) is 0 Å². The summed E-state index contributed by atoms with van der Waals surface area (Å²) in [6.07, 6.45) is 11.9. The van der Waals surface area contributed by atoms with Crippen LogP contribution in [0.25, 0.3) is 11.1 Å². The molecule has 0 bridgehead atoms. The molecule has 1 heteroatoms. The van der Waals surface area contributed by atoms with Crippen LogP contribution in [-0.4, -0.2) is 3.21 Å². The first kappa shape index (κ1) is 36.9. The van der Waals surface area contributed by atoms with Gasteiger partial charge in [0, 0.05) is 0 Å². The van der Waals surface area contributed by atoms with Crippen molar-refractivity contribution in [3.8, 4) is 11.1 Å². The maximum atomic E-state index is 2.71. The molecule has 0 unspecified atom stereocenters. The molecule has 4 aromatic rings. The second kappa shape index (κ2) is 13.6. The van der Waals surface area contributed by atoms with Crippen molar-refractivity contribution >= 4 is 3.21 Å². The van der Waals surface area contributed by atoms with Crippen LogP contribution in [0.3, 0.4) is 0 Å². The molecular weight excluding hydrogens is 680 g/mol. The SMILES string of the molecule is CC(C)(C)c1cc2c(cc1C(C)(C)C)[CH]([Zr](=[C](Cc1ccccc1)Cc1ccccc1)[CH]1C=CC=C1)c1cc(C(C)(C)C)c(C(C)(C)C)cc1-2. The Hall–Kier alpha value is -2.89. The monoisotopic (exact) mass is 738 g/mol. The Kier molecular flexibility index (Phi) is 10.0. The number of hydrogen-bond donors (Lipinski definition) is 0. The van der Waals surface area contributed by atoms with Crippen molar-refractivity contribution in [3.05, 3.63) is 154 Å². The van der Waals surface area contributed by atoms with Gasteiger partial charge in [-0.2, -0.15) is 0 Å². The van der Waals surface area contributed by atoms with Gasteiger partial charge in [0.15, 0.2) is 0 Å². The molecule has 0 spiro atoms. The van der Waals surface area contributed by atoms with Crippen LogP contribution in [0.4, 0.5) is 0 Å². The summed E-state index contributed by atoms with van der Waals surface area (Å²) in [6, 6.07) is 33.3. The molecule has 2 aliphatic rings. The first-order valence-corrected chi connectivity index (χ1v) is 22.9. The van der Waals surface area contributed by atoms with E-state index < -0.39 is 21.3 Å². The van der Waals surface area contributed by atoms with E-state index >= 15 is 0 Å². The average Bonchev–Trinajstić information content (AvgIpc) is 3.66. The number of hydrogen-bond acceptors (Lipinski definition) is 0. The maximum absolute atomic E-state index is 2.71. The van der Waals surface area contributed by atoms with Gasteiger partial charge in [0.2, 0.25) is 0 Å². The normalized spacial score (nSPS) is 15.0. The molecule has 2 aliphatic carbocycles. The molecule has 0 heterocycles. The Balaban J connectivity index is 1.76. The van der Waals surface area contributed by atoms with Gasteiger partial charge in [0.1, 0.15) is 0 Å². The third-order valence-corrected chi connectivity index (χ3v) is 19.5. The summed E-state index contributed by atoms with van der Waals surface area (Å²) in [6.45, 7) is 28.9. The molecule has 0 fully saturated rings. The first-order chi connectivity index (χ1) is 23.3. The minimum atomic E-state index is -2.66. The van der Waals surface area contributed by atoms with Crippen molar-refractivity contribution in [2.75, 3.05) is 0 Å². The topological polar surface area (TPSA) is 0 Å². The van der Waals surface area contributed by atoms with Crippen molar-refractivity contribution in [1.82, 2.24) is 0 Å². The molecule has 6 rings (SSSR count). The zero-order valence-corrected chi connectivity index (χ0v) is 35.4. The summed E-state index contributed by atoms with van der Waals surface area (Å²) >= 11 is -2.66. The predicted octanol–water partition coefficient (Wildman–Crippen LogP) is 13.1. The van der Waals surface area contributed by atoms with E-state index in [-0.39, 0.29) is 21.7 Å². The molecule has 0 N–H and O–H groups in total. The zero-order chi connectivity index (χ0) is 36.2. The molecule has 0 amide bonds. The Morgan fingerprint density at radius 3 is 1.16 bits per heavy atom. The van der Waals surface area contributed by atoms with Gasteiger partial charge in [-0.15, -0.1) is 0 Å². The zero-order valence-electron chi connectivity index (χ0n) is 33.0. The second-order valence-corrected chi connectivity index (χ2v) is 26.1. The van der Waals surface area contributed by atoms with Crippen LogP contribution in [0.5, 0.6) is 0 Å². The van der Waals surface area contributed by atoms with Crippen molar-refractivity contribution in [1.29, 1.82) is 0 Å². The second-order valence-electron chi connectivity index (χ2n) is 19.1. The Morgan fingerprint density at radius 1 is 0.480 bits per heavy atom. The Morgan fingerprint density at radius 2 is 0.820 bits per heavy atom. The Labute approximate surface area is 312 Å². The number of allylic oxidation sites excluding steroid dienone is 4. The van der Waals surface area contributed by atoms with Crippen molar-refractivity contribution < 1.29 is 21.3 Å². The van der Waals surface area contributed by atoms with E-state index in [0.29, 0.717) is 7.25 Å². The van der Waals surface area contributed by atoms with Gasteiger partial charge < -0.3 is 0 Å². The van der Waals surface area contributed by atoms with Crippen molar-refractivity contribution in [2.45, 2.75) is 125 Å². The predicted molar refractivity (Wildman–Crippen MR) is 216 cm³/mol. The summed E-state index contributed by atoms with van der Waals surface area (Å²) in [5, 5.41) is 0. The average molecular weight is 740 g/mol. The molecule has 0 radical (unpaired) electrons. The van der Waals surface area contributed by atoms with Gasteiger partial charge in [-0.3, -0.25) is 0 Å². The summed E-state index contributed by atoms with van der Waals surface area (Å²) < 4.78 is 2.76. The summed E-state index contributed by atoms with van der Waals surface area (Å²) in [7, 11) is 0. The standard InChI is InChI=1S/C29H41.C15H14.C5H5.Zr/c1-26(2,3)22-14-18-13-19-15-23(27(4,5)6)25(29(10,11)12)17-21(19)20(18)16-24(22)28(7,8)9;1-3-8-14(9-4-1)12-7-13-15-10-5-2-6-11-15;1-2-4-5-3-1;/h13-17H,1-12H3;1-6,8-11H,12-13H2;1-5H;. The molecule has 0 nitrogen and oxygen atoms in total. The molecule has 50 heavy (non-hydrogen) atoms. The molecule has 260 valence electrons. The van der Waals surface area contributed by atoms with E-state index in [1.165, 1.54) is 44.5 Å². The van der Waals surface area contributed by atoms with Gasteiger partial charge in [0.05, 0.1) is 0 Å². The molecule has 0 saturated carbocycles. The molecular formula is C49H60Zr. The van der Waals surface area contributed by atoms with Crippen molar-refractivity contribution in [3.63, 3.8) is 0 Å². The van der Waals surface area contributed by atoms with Crippen LogP contribution >= 0.6 is 0 Å². The van der Waals surface area contributed by atoms with Crippen molar-refractivity contribution in [2.24, 2.45) is 0 Å². The summed E-state index contributed by atoms with van der Waals surface area (Å²) in [5.74, 6) is 0. The van der Waals surface area contributed by atoms with Crippen LogP contribution in [0.15, 0.2) is 109 Å². The fourth-order valence-electron chi connectivity index (χ4n) is 8.38. The van der Waals surface area contributed by atoms with Gasteiger partial charge in [-0.1, -0.05) is 0 Å². The van der Waals surface area contributed by atoms with Gasteiger partial charge >= 0.3 is 314 Å². The molecule has 4 aromatic carbocycles. The van der Waals surface area contributed by atoms with E-state index in [1.807, 2.05) is 3.21 Å². The first-order valence-electron chi connectivity index (χ1n) is 18.9. The van der Waals surface area contributed by atoms with Gasteiger partial charge in [-0.05, 0) is 0 Å². The third kappa shape index (κ3) is 7.51. The molecule has 0 atom stereocenters. The number of fused-ring (bicyclic) bond motifs is 3. The van der Waals surface area contributed by atoms with Crippen LogP contribution in [0.1, 0.15) is 131 Å². The van der Waals surface area contributed by atoms with E-state index in [9.17, 15) is 0 Å². The fourth-order valence-corrected chi connectivity index (χ4v) is 17.9. The molecule has 0 aromatic heterocycles. The van der Waals surface area contributed by atoms with E-state index in [1.54, 1.807) is 11.1 Å². The van der Waals surface area contributed by atoms with Crippen LogP contribution in [0, 0.1) is 0 Å². The van der Waals surface area contributed by atoms with E-state index in [0.717, 1.165) is 12.8 Å². The Bertz CT molecular complexity index is 1820. The molecule has 0 aliphatic heterocycles. The summed E-state index contributed by atoms with van der Waals surface area (Å²) in [5.41, 5.74) is 15.3. The molecule has 0 saturated heterocycles. The number of benzene rings is 4. The quantitative estimate of drug-likeness (QED) is 0.185. The van der Waals surface area contributed by atoms with E-state index in [2.05, 4.69) is 192 Å². The van der Waals surface area contributed by atoms with Crippen LogP contribution in [0.2, 0.25) is 3.63 Å². The van der Waals surface area contributed by atoms with Crippen LogP contribution in [-0.2, 0) is 55.8 Å².